The summed E-state index contributed by atoms with van der Waals surface area (Å²) >= 11 is 0. The molecule has 3 heteroatoms. The highest BCUT2D eigenvalue weighted by Gasteiger charge is 2.20. The minimum atomic E-state index is -0.146. The summed E-state index contributed by atoms with van der Waals surface area (Å²) in [4.78, 5) is 4.15. The number of nitrogens with one attached hydrogen (secondary N) is 1. The van der Waals surface area contributed by atoms with E-state index < -0.39 is 0 Å². The van der Waals surface area contributed by atoms with Crippen molar-refractivity contribution in [3.63, 3.8) is 0 Å². The second-order valence-electron chi connectivity index (χ2n) is 5.21. The Morgan fingerprint density at radius 1 is 1.21 bits per heavy atom. The number of aromatic nitrogens is 1. The van der Waals surface area contributed by atoms with Crippen molar-refractivity contribution in [3.05, 3.63) is 53.6 Å². The van der Waals surface area contributed by atoms with Crippen molar-refractivity contribution < 1.29 is 4.39 Å². The number of hydrogen-bond donors (Lipinski definition) is 1. The highest BCUT2D eigenvalue weighted by atomic mass is 19.1. The average Bonchev–Trinajstić information content (AvgIpc) is 3.21. The van der Waals surface area contributed by atoms with Crippen molar-refractivity contribution in [3.8, 4) is 11.1 Å². The first-order valence-corrected chi connectivity index (χ1v) is 6.66. The van der Waals surface area contributed by atoms with Crippen molar-refractivity contribution >= 4 is 0 Å². The minimum Gasteiger partial charge on any atom is -0.310 e. The first-order valence-electron chi connectivity index (χ1n) is 6.66. The molecule has 19 heavy (non-hydrogen) atoms. The van der Waals surface area contributed by atoms with Crippen LogP contribution >= 0.6 is 0 Å². The Morgan fingerprint density at radius 3 is 2.74 bits per heavy atom. The zero-order valence-electron chi connectivity index (χ0n) is 11.0. The van der Waals surface area contributed by atoms with E-state index in [1.54, 1.807) is 18.5 Å². The quantitative estimate of drug-likeness (QED) is 0.906. The van der Waals surface area contributed by atoms with Crippen LogP contribution in [-0.4, -0.2) is 11.0 Å². The third-order valence-electron chi connectivity index (χ3n) is 3.42. The second-order valence-corrected chi connectivity index (χ2v) is 5.21. The number of halogens is 1. The van der Waals surface area contributed by atoms with Crippen LogP contribution in [0.1, 0.15) is 24.0 Å². The van der Waals surface area contributed by atoms with Gasteiger partial charge in [0.05, 0.1) is 0 Å². The number of benzene rings is 1. The molecule has 0 radical (unpaired) electrons. The number of rotatable bonds is 4. The van der Waals surface area contributed by atoms with E-state index in [2.05, 4.69) is 10.3 Å². The fourth-order valence-corrected chi connectivity index (χ4v) is 2.12. The largest absolute Gasteiger partial charge is 0.310 e. The van der Waals surface area contributed by atoms with Crippen molar-refractivity contribution in [2.24, 2.45) is 0 Å². The summed E-state index contributed by atoms with van der Waals surface area (Å²) in [5.41, 5.74) is 3.65. The van der Waals surface area contributed by atoms with E-state index in [0.717, 1.165) is 22.3 Å². The molecule has 1 aromatic heterocycles. The van der Waals surface area contributed by atoms with Gasteiger partial charge in [0.1, 0.15) is 5.82 Å². The summed E-state index contributed by atoms with van der Waals surface area (Å²) in [5.74, 6) is -0.146. The molecule has 0 atom stereocenters. The first kappa shape index (κ1) is 12.3. The molecule has 1 aromatic carbocycles. The van der Waals surface area contributed by atoms with Gasteiger partial charge in [0.25, 0.3) is 0 Å². The standard InChI is InChI=1S/C16H17FN2/c1-11-6-14(9-18-8-11)12-2-3-13(16(17)7-12)10-19-15-4-5-15/h2-3,6-9,15,19H,4-5,10H2,1H3. The third kappa shape index (κ3) is 2.99. The summed E-state index contributed by atoms with van der Waals surface area (Å²) in [5, 5.41) is 3.33. The van der Waals surface area contributed by atoms with Crippen molar-refractivity contribution in [1.29, 1.82) is 0 Å². The molecule has 1 saturated carbocycles. The SMILES string of the molecule is Cc1cncc(-c2ccc(CNC3CC3)c(F)c2)c1. The third-order valence-corrected chi connectivity index (χ3v) is 3.42. The Labute approximate surface area is 112 Å². The van der Waals surface area contributed by atoms with Crippen LogP contribution in [0, 0.1) is 12.7 Å². The molecule has 1 aliphatic rings. The maximum atomic E-state index is 14.0. The zero-order valence-corrected chi connectivity index (χ0v) is 11.0. The van der Waals surface area contributed by atoms with Gasteiger partial charge >= 0.3 is 0 Å². The molecule has 0 bridgehead atoms. The molecule has 0 unspecified atom stereocenters. The van der Waals surface area contributed by atoms with E-state index in [1.807, 2.05) is 25.1 Å². The van der Waals surface area contributed by atoms with E-state index >= 15 is 0 Å². The first-order chi connectivity index (χ1) is 9.22. The van der Waals surface area contributed by atoms with Gasteiger partial charge in [0.15, 0.2) is 0 Å². The lowest BCUT2D eigenvalue weighted by molar-refractivity contribution is 0.587. The van der Waals surface area contributed by atoms with Crippen LogP contribution in [0.2, 0.25) is 0 Å². The molecular formula is C16H17FN2. The molecule has 3 rings (SSSR count). The highest BCUT2D eigenvalue weighted by Crippen LogP contribution is 2.23. The van der Waals surface area contributed by atoms with Crippen LogP contribution < -0.4 is 5.32 Å². The fourth-order valence-electron chi connectivity index (χ4n) is 2.12. The smallest absolute Gasteiger partial charge is 0.128 e. The number of nitrogens with zero attached hydrogens (tertiary/aromatic N) is 1. The predicted molar refractivity (Wildman–Crippen MR) is 74.2 cm³/mol. The lowest BCUT2D eigenvalue weighted by Crippen LogP contribution is -2.16. The summed E-state index contributed by atoms with van der Waals surface area (Å²) in [6.45, 7) is 2.60. The van der Waals surface area contributed by atoms with Gasteiger partial charge in [0.2, 0.25) is 0 Å². The predicted octanol–water partition coefficient (Wildman–Crippen LogP) is 3.45. The van der Waals surface area contributed by atoms with Gasteiger partial charge in [-0.1, -0.05) is 12.1 Å². The van der Waals surface area contributed by atoms with E-state index in [0.29, 0.717) is 12.6 Å². The molecular weight excluding hydrogens is 239 g/mol. The normalized spacial score (nSPS) is 14.6. The van der Waals surface area contributed by atoms with Gasteiger partial charge in [-0.05, 0) is 43.0 Å². The Hall–Kier alpha value is -1.74. The molecule has 1 aliphatic carbocycles. The number of aryl methyl sites for hydroxylation is 1. The molecule has 0 amide bonds. The maximum absolute atomic E-state index is 14.0. The molecule has 2 nitrogen and oxygen atoms in total. The molecule has 0 spiro atoms. The van der Waals surface area contributed by atoms with Crippen LogP contribution in [0.25, 0.3) is 11.1 Å². The Balaban J connectivity index is 1.81. The van der Waals surface area contributed by atoms with E-state index in [-0.39, 0.29) is 5.82 Å². The van der Waals surface area contributed by atoms with Gasteiger partial charge in [0, 0.05) is 36.1 Å². The zero-order chi connectivity index (χ0) is 13.2. The van der Waals surface area contributed by atoms with Crippen LogP contribution in [-0.2, 0) is 6.54 Å². The summed E-state index contributed by atoms with van der Waals surface area (Å²) in [6.07, 6.45) is 6.00. The van der Waals surface area contributed by atoms with Gasteiger partial charge < -0.3 is 5.32 Å². The Morgan fingerprint density at radius 2 is 2.05 bits per heavy atom. The molecule has 0 aliphatic heterocycles. The fraction of sp³-hybridized carbons (Fsp3) is 0.312. The molecule has 0 saturated heterocycles. The van der Waals surface area contributed by atoms with Crippen molar-refractivity contribution in [1.82, 2.24) is 10.3 Å². The maximum Gasteiger partial charge on any atom is 0.128 e. The molecule has 1 heterocycles. The molecule has 2 aromatic rings. The Kier molecular flexibility index (Phi) is 3.30. The molecule has 1 fully saturated rings. The van der Waals surface area contributed by atoms with Gasteiger partial charge in [-0.25, -0.2) is 4.39 Å². The minimum absolute atomic E-state index is 0.146. The van der Waals surface area contributed by atoms with Crippen LogP contribution in [0.3, 0.4) is 0 Å². The molecule has 98 valence electrons. The van der Waals surface area contributed by atoms with Crippen LogP contribution in [0.15, 0.2) is 36.7 Å². The van der Waals surface area contributed by atoms with Crippen molar-refractivity contribution in [2.75, 3.05) is 0 Å². The van der Waals surface area contributed by atoms with Gasteiger partial charge in [-0.3, -0.25) is 4.98 Å². The van der Waals surface area contributed by atoms with Crippen molar-refractivity contribution in [2.45, 2.75) is 32.4 Å². The second kappa shape index (κ2) is 5.10. The lowest BCUT2D eigenvalue weighted by atomic mass is 10.0. The van der Waals surface area contributed by atoms with Crippen LogP contribution in [0.5, 0.6) is 0 Å². The van der Waals surface area contributed by atoms with Gasteiger partial charge in [-0.15, -0.1) is 0 Å². The topological polar surface area (TPSA) is 24.9 Å². The van der Waals surface area contributed by atoms with E-state index in [9.17, 15) is 4.39 Å². The summed E-state index contributed by atoms with van der Waals surface area (Å²) in [7, 11) is 0. The molecule has 1 N–H and O–H groups in total. The monoisotopic (exact) mass is 256 g/mol. The highest BCUT2D eigenvalue weighted by molar-refractivity contribution is 5.63. The lowest BCUT2D eigenvalue weighted by Gasteiger charge is -2.07. The Bertz CT molecular complexity index is 591. The van der Waals surface area contributed by atoms with E-state index in [1.165, 1.54) is 12.8 Å². The number of pyridine rings is 1. The number of hydrogen-bond acceptors (Lipinski definition) is 2. The average molecular weight is 256 g/mol. The van der Waals surface area contributed by atoms with Crippen LogP contribution in [0.4, 0.5) is 4.39 Å². The van der Waals surface area contributed by atoms with Gasteiger partial charge in [-0.2, -0.15) is 0 Å². The van der Waals surface area contributed by atoms with E-state index in [4.69, 9.17) is 0 Å². The summed E-state index contributed by atoms with van der Waals surface area (Å²) in [6, 6.07) is 8.04. The summed E-state index contributed by atoms with van der Waals surface area (Å²) < 4.78 is 14.0.